The maximum atomic E-state index is 12.3. The summed E-state index contributed by atoms with van der Waals surface area (Å²) in [7, 11) is 0. The summed E-state index contributed by atoms with van der Waals surface area (Å²) in [6.07, 6.45) is 8.05. The van der Waals surface area contributed by atoms with E-state index in [1.54, 1.807) is 0 Å². The zero-order valence-corrected chi connectivity index (χ0v) is 15.9. The highest BCUT2D eigenvalue weighted by Gasteiger charge is 2.33. The highest BCUT2D eigenvalue weighted by Crippen LogP contribution is 2.38. The largest absolute Gasteiger partial charge is 0.368 e. The molecule has 1 aliphatic heterocycles. The van der Waals surface area contributed by atoms with Crippen molar-refractivity contribution in [2.45, 2.75) is 44.6 Å². The second-order valence-electron chi connectivity index (χ2n) is 7.79. The van der Waals surface area contributed by atoms with E-state index in [1.165, 1.54) is 38.5 Å². The van der Waals surface area contributed by atoms with Crippen LogP contribution in [0.15, 0.2) is 61.2 Å². The molecule has 0 radical (unpaired) electrons. The molecular weight excluding hydrogens is 332 g/mol. The van der Waals surface area contributed by atoms with Crippen LogP contribution in [-0.2, 0) is 0 Å². The summed E-state index contributed by atoms with van der Waals surface area (Å²) in [5.41, 5.74) is 3.77. The topological polar surface area (TPSA) is 32.3 Å². The van der Waals surface area contributed by atoms with Gasteiger partial charge >= 0.3 is 0 Å². The Morgan fingerprint density at radius 1 is 0.889 bits per heavy atom. The fourth-order valence-corrected chi connectivity index (χ4v) is 4.66. The Kier molecular flexibility index (Phi) is 5.28. The standard InChI is InChI=1S/C24H28N2O/c1-18(26-17-7-11-20-8-5-6-12-23(20)26)19-13-15-22(16-14-19)25-24(27)21-9-3-2-4-10-21/h2-4,9-10,13-16,20,23H,1,5-8,11-12,17H2,(H,25,27)/t20-,23?/m1/s1. The van der Waals surface area contributed by atoms with E-state index in [4.69, 9.17) is 0 Å². The Bertz CT molecular complexity index is 795. The molecule has 0 bridgehead atoms. The minimum Gasteiger partial charge on any atom is -0.368 e. The number of nitrogens with zero attached hydrogens (tertiary/aromatic N) is 1. The van der Waals surface area contributed by atoms with Gasteiger partial charge in [-0.1, -0.05) is 49.8 Å². The third-order valence-electron chi connectivity index (χ3n) is 6.10. The fourth-order valence-electron chi connectivity index (χ4n) is 4.66. The van der Waals surface area contributed by atoms with E-state index in [-0.39, 0.29) is 5.91 Å². The number of carbonyl (C=O) groups is 1. The van der Waals surface area contributed by atoms with Gasteiger partial charge in [-0.2, -0.15) is 0 Å². The minimum atomic E-state index is -0.0803. The molecule has 1 saturated heterocycles. The molecule has 2 aromatic rings. The van der Waals surface area contributed by atoms with Crippen LogP contribution in [-0.4, -0.2) is 23.4 Å². The first kappa shape index (κ1) is 17.8. The number of fused-ring (bicyclic) bond motifs is 1. The number of benzene rings is 2. The lowest BCUT2D eigenvalue weighted by Gasteiger charge is -2.46. The lowest BCUT2D eigenvalue weighted by Crippen LogP contribution is -2.45. The third-order valence-corrected chi connectivity index (χ3v) is 6.10. The molecule has 3 heteroatoms. The van der Waals surface area contributed by atoms with Crippen LogP contribution < -0.4 is 5.32 Å². The lowest BCUT2D eigenvalue weighted by atomic mass is 9.78. The number of hydrogen-bond acceptors (Lipinski definition) is 2. The van der Waals surface area contributed by atoms with Crippen LogP contribution in [0.3, 0.4) is 0 Å². The van der Waals surface area contributed by atoms with Crippen molar-refractivity contribution in [2.75, 3.05) is 11.9 Å². The molecule has 27 heavy (non-hydrogen) atoms. The number of likely N-dealkylation sites (tertiary alicyclic amines) is 1. The predicted octanol–water partition coefficient (Wildman–Crippen LogP) is 5.56. The van der Waals surface area contributed by atoms with Crippen molar-refractivity contribution in [3.05, 3.63) is 72.3 Å². The Morgan fingerprint density at radius 3 is 2.37 bits per heavy atom. The molecule has 140 valence electrons. The quantitative estimate of drug-likeness (QED) is 0.774. The first-order valence-electron chi connectivity index (χ1n) is 10.1. The second kappa shape index (κ2) is 7.99. The first-order valence-corrected chi connectivity index (χ1v) is 10.1. The number of nitrogens with one attached hydrogen (secondary N) is 1. The predicted molar refractivity (Wildman–Crippen MR) is 112 cm³/mol. The number of rotatable bonds is 4. The normalized spacial score (nSPS) is 22.0. The van der Waals surface area contributed by atoms with E-state index in [0.717, 1.165) is 29.4 Å². The molecule has 1 aliphatic carbocycles. The molecule has 2 aliphatic rings. The van der Waals surface area contributed by atoms with E-state index < -0.39 is 0 Å². The van der Waals surface area contributed by atoms with Crippen molar-refractivity contribution >= 4 is 17.3 Å². The maximum absolute atomic E-state index is 12.3. The Labute approximate surface area is 162 Å². The third kappa shape index (κ3) is 3.92. The molecule has 1 heterocycles. The highest BCUT2D eigenvalue weighted by molar-refractivity contribution is 6.04. The average Bonchev–Trinajstić information content (AvgIpc) is 2.74. The summed E-state index contributed by atoms with van der Waals surface area (Å²) < 4.78 is 0. The van der Waals surface area contributed by atoms with Crippen LogP contribution in [0, 0.1) is 5.92 Å². The molecule has 1 amide bonds. The van der Waals surface area contributed by atoms with Crippen LogP contribution in [0.2, 0.25) is 0 Å². The molecule has 3 nitrogen and oxygen atoms in total. The minimum absolute atomic E-state index is 0.0803. The molecule has 2 aromatic carbocycles. The Balaban J connectivity index is 1.44. The summed E-state index contributed by atoms with van der Waals surface area (Å²) in [6.45, 7) is 5.53. The van der Waals surface area contributed by atoms with Gasteiger partial charge in [0, 0.05) is 29.5 Å². The van der Waals surface area contributed by atoms with Gasteiger partial charge < -0.3 is 10.2 Å². The van der Waals surface area contributed by atoms with E-state index in [2.05, 4.69) is 28.9 Å². The van der Waals surface area contributed by atoms with Crippen molar-refractivity contribution in [1.29, 1.82) is 0 Å². The number of hydrogen-bond donors (Lipinski definition) is 1. The Morgan fingerprint density at radius 2 is 1.59 bits per heavy atom. The fraction of sp³-hybridized carbons (Fsp3) is 0.375. The zero-order chi connectivity index (χ0) is 18.6. The average molecular weight is 361 g/mol. The van der Waals surface area contributed by atoms with Crippen LogP contribution >= 0.6 is 0 Å². The number of anilines is 1. The SMILES string of the molecule is C=C(c1ccc(NC(=O)c2ccccc2)cc1)N1CCC[C@H]2CCCCC21. The molecule has 1 saturated carbocycles. The summed E-state index contributed by atoms with van der Waals surface area (Å²) in [6, 6.07) is 18.1. The van der Waals surface area contributed by atoms with Gasteiger partial charge in [-0.25, -0.2) is 0 Å². The summed E-state index contributed by atoms with van der Waals surface area (Å²) in [5.74, 6) is 0.761. The molecule has 0 aromatic heterocycles. The monoisotopic (exact) mass is 360 g/mol. The van der Waals surface area contributed by atoms with Crippen molar-refractivity contribution in [1.82, 2.24) is 4.90 Å². The zero-order valence-electron chi connectivity index (χ0n) is 15.9. The molecule has 2 atom stereocenters. The van der Waals surface area contributed by atoms with E-state index in [9.17, 15) is 4.79 Å². The summed E-state index contributed by atoms with van der Waals surface area (Å²) >= 11 is 0. The summed E-state index contributed by atoms with van der Waals surface area (Å²) in [5, 5.41) is 2.97. The number of amides is 1. The Hall–Kier alpha value is -2.55. The van der Waals surface area contributed by atoms with E-state index in [0.29, 0.717) is 11.6 Å². The van der Waals surface area contributed by atoms with Crippen LogP contribution in [0.1, 0.15) is 54.4 Å². The van der Waals surface area contributed by atoms with Crippen molar-refractivity contribution in [3.63, 3.8) is 0 Å². The van der Waals surface area contributed by atoms with Gasteiger partial charge in [0.1, 0.15) is 0 Å². The van der Waals surface area contributed by atoms with Gasteiger partial charge in [0.2, 0.25) is 0 Å². The van der Waals surface area contributed by atoms with Gasteiger partial charge in [-0.05, 0) is 61.4 Å². The van der Waals surface area contributed by atoms with E-state index in [1.807, 2.05) is 42.5 Å². The van der Waals surface area contributed by atoms with Crippen molar-refractivity contribution in [3.8, 4) is 0 Å². The van der Waals surface area contributed by atoms with Crippen molar-refractivity contribution in [2.24, 2.45) is 5.92 Å². The second-order valence-corrected chi connectivity index (χ2v) is 7.79. The molecule has 2 fully saturated rings. The highest BCUT2D eigenvalue weighted by atomic mass is 16.1. The van der Waals surface area contributed by atoms with Crippen LogP contribution in [0.25, 0.3) is 5.70 Å². The van der Waals surface area contributed by atoms with Gasteiger partial charge in [-0.15, -0.1) is 0 Å². The molecule has 0 spiro atoms. The van der Waals surface area contributed by atoms with Gasteiger partial charge in [0.25, 0.3) is 5.91 Å². The smallest absolute Gasteiger partial charge is 0.255 e. The maximum Gasteiger partial charge on any atom is 0.255 e. The van der Waals surface area contributed by atoms with Crippen molar-refractivity contribution < 1.29 is 4.79 Å². The van der Waals surface area contributed by atoms with Gasteiger partial charge in [-0.3, -0.25) is 4.79 Å². The van der Waals surface area contributed by atoms with E-state index >= 15 is 0 Å². The molecular formula is C24H28N2O. The number of carbonyl (C=O) groups excluding carboxylic acids is 1. The molecule has 4 rings (SSSR count). The molecule has 1 unspecified atom stereocenters. The van der Waals surface area contributed by atoms with Gasteiger partial charge in [0.05, 0.1) is 0 Å². The van der Waals surface area contributed by atoms with Crippen LogP contribution in [0.4, 0.5) is 5.69 Å². The summed E-state index contributed by atoms with van der Waals surface area (Å²) in [4.78, 5) is 14.8. The van der Waals surface area contributed by atoms with Crippen LogP contribution in [0.5, 0.6) is 0 Å². The lowest BCUT2D eigenvalue weighted by molar-refractivity contribution is 0.102. The van der Waals surface area contributed by atoms with Gasteiger partial charge in [0.15, 0.2) is 0 Å². The number of piperidine rings is 1. The molecule has 1 N–H and O–H groups in total. The first-order chi connectivity index (χ1) is 13.2.